The summed E-state index contributed by atoms with van der Waals surface area (Å²) in [7, 11) is 0. The zero-order valence-corrected chi connectivity index (χ0v) is 14.5. The number of para-hydroxylation sites is 1. The first-order valence-corrected chi connectivity index (χ1v) is 8.64. The smallest absolute Gasteiger partial charge is 0.0753 e. The summed E-state index contributed by atoms with van der Waals surface area (Å²) >= 11 is 5.43. The molecule has 0 fully saturated rings. The molecule has 2 aromatic heterocycles. The molecule has 0 amide bonds. The third kappa shape index (κ3) is 2.89. The summed E-state index contributed by atoms with van der Waals surface area (Å²) in [6, 6.07) is 12.9. The molecule has 1 atom stereocenters. The van der Waals surface area contributed by atoms with Crippen molar-refractivity contribution in [3.8, 4) is 0 Å². The van der Waals surface area contributed by atoms with Crippen molar-refractivity contribution in [1.29, 1.82) is 0 Å². The second kappa shape index (κ2) is 6.26. The molecule has 1 aromatic carbocycles. The van der Waals surface area contributed by atoms with Crippen LogP contribution >= 0.6 is 27.3 Å². The molecule has 0 saturated heterocycles. The predicted octanol–water partition coefficient (Wildman–Crippen LogP) is 5.07. The molecule has 3 aromatic rings. The minimum absolute atomic E-state index is 0.184. The minimum atomic E-state index is 0.184. The van der Waals surface area contributed by atoms with E-state index in [2.05, 4.69) is 70.4 Å². The molecule has 1 N–H and O–H groups in total. The maximum Gasteiger partial charge on any atom is 0.0753 e. The average molecular weight is 361 g/mol. The van der Waals surface area contributed by atoms with Crippen molar-refractivity contribution in [3.63, 3.8) is 0 Å². The van der Waals surface area contributed by atoms with Gasteiger partial charge in [-0.25, -0.2) is 0 Å². The summed E-state index contributed by atoms with van der Waals surface area (Å²) < 4.78 is 1.20. The number of aromatic nitrogens is 1. The predicted molar refractivity (Wildman–Crippen MR) is 94.0 cm³/mol. The van der Waals surface area contributed by atoms with E-state index >= 15 is 0 Å². The Balaban J connectivity index is 2.15. The summed E-state index contributed by atoms with van der Waals surface area (Å²) in [5, 5.41) is 4.78. The largest absolute Gasteiger partial charge is 0.306 e. The molecule has 1 unspecified atom stereocenters. The second-order valence-electron chi connectivity index (χ2n) is 5.02. The van der Waals surface area contributed by atoms with E-state index in [0.29, 0.717) is 0 Å². The van der Waals surface area contributed by atoms with Crippen molar-refractivity contribution >= 4 is 38.2 Å². The van der Waals surface area contributed by atoms with Gasteiger partial charge in [0.15, 0.2) is 0 Å². The highest BCUT2D eigenvalue weighted by atomic mass is 79.9. The second-order valence-corrected chi connectivity index (χ2v) is 7.42. The molecule has 3 rings (SSSR count). The van der Waals surface area contributed by atoms with Crippen LogP contribution in [-0.2, 0) is 0 Å². The Hall–Kier alpha value is -1.23. The van der Waals surface area contributed by atoms with Crippen molar-refractivity contribution in [2.45, 2.75) is 19.9 Å². The molecular weight excluding hydrogens is 344 g/mol. The third-order valence-corrected chi connectivity index (χ3v) is 5.75. The van der Waals surface area contributed by atoms with Crippen LogP contribution < -0.4 is 5.32 Å². The Morgan fingerprint density at radius 3 is 2.81 bits per heavy atom. The zero-order valence-electron chi connectivity index (χ0n) is 12.1. The van der Waals surface area contributed by atoms with E-state index < -0.39 is 0 Å². The number of aryl methyl sites for hydroxylation is 1. The Labute approximate surface area is 137 Å². The van der Waals surface area contributed by atoms with E-state index in [1.807, 2.05) is 12.3 Å². The molecule has 0 spiro atoms. The highest BCUT2D eigenvalue weighted by Crippen LogP contribution is 2.36. The van der Waals surface area contributed by atoms with Crippen LogP contribution in [0.4, 0.5) is 0 Å². The molecule has 2 heterocycles. The molecular formula is C17H17BrN2S. The highest BCUT2D eigenvalue weighted by molar-refractivity contribution is 9.11. The number of rotatable bonds is 4. The van der Waals surface area contributed by atoms with Gasteiger partial charge in [-0.3, -0.25) is 4.98 Å². The zero-order chi connectivity index (χ0) is 14.8. The van der Waals surface area contributed by atoms with E-state index in [-0.39, 0.29) is 6.04 Å². The number of benzene rings is 1. The summed E-state index contributed by atoms with van der Waals surface area (Å²) in [6.45, 7) is 5.19. The van der Waals surface area contributed by atoms with Crippen LogP contribution in [0.2, 0.25) is 0 Å². The van der Waals surface area contributed by atoms with Gasteiger partial charge in [0.2, 0.25) is 0 Å². The fraction of sp³-hybridized carbons (Fsp3) is 0.235. The number of hydrogen-bond acceptors (Lipinski definition) is 3. The summed E-state index contributed by atoms with van der Waals surface area (Å²) in [4.78, 5) is 5.91. The third-order valence-electron chi connectivity index (χ3n) is 3.54. The molecule has 0 saturated carbocycles. The Morgan fingerprint density at radius 2 is 2.10 bits per heavy atom. The number of nitrogens with zero attached hydrogens (tertiary/aromatic N) is 1. The van der Waals surface area contributed by atoms with Gasteiger partial charge in [-0.2, -0.15) is 0 Å². The quantitative estimate of drug-likeness (QED) is 0.702. The van der Waals surface area contributed by atoms with Crippen molar-refractivity contribution in [1.82, 2.24) is 10.3 Å². The monoisotopic (exact) mass is 360 g/mol. The Morgan fingerprint density at radius 1 is 1.29 bits per heavy atom. The summed E-state index contributed by atoms with van der Waals surface area (Å²) in [5.74, 6) is 0. The van der Waals surface area contributed by atoms with Crippen LogP contribution in [0.25, 0.3) is 10.9 Å². The van der Waals surface area contributed by atoms with Gasteiger partial charge in [0.1, 0.15) is 0 Å². The summed E-state index contributed by atoms with van der Waals surface area (Å²) in [6.07, 6.45) is 1.87. The van der Waals surface area contributed by atoms with Crippen molar-refractivity contribution in [3.05, 3.63) is 62.4 Å². The maximum absolute atomic E-state index is 4.59. The van der Waals surface area contributed by atoms with Gasteiger partial charge < -0.3 is 5.32 Å². The number of thiophene rings is 1. The van der Waals surface area contributed by atoms with Crippen LogP contribution in [0.3, 0.4) is 0 Å². The SMILES string of the molecule is CCNC(c1cc(C)c(Br)s1)c1cccc2cccnc12. The van der Waals surface area contributed by atoms with E-state index in [0.717, 1.165) is 12.1 Å². The van der Waals surface area contributed by atoms with E-state index in [1.54, 1.807) is 11.3 Å². The van der Waals surface area contributed by atoms with Crippen LogP contribution in [0.5, 0.6) is 0 Å². The van der Waals surface area contributed by atoms with Crippen molar-refractivity contribution < 1.29 is 0 Å². The molecule has 0 aliphatic heterocycles. The van der Waals surface area contributed by atoms with Crippen LogP contribution in [0.1, 0.15) is 29.0 Å². The lowest BCUT2D eigenvalue weighted by molar-refractivity contribution is 0.642. The number of halogens is 1. The average Bonchev–Trinajstić information content (AvgIpc) is 2.84. The van der Waals surface area contributed by atoms with E-state index in [4.69, 9.17) is 0 Å². The lowest BCUT2D eigenvalue weighted by Crippen LogP contribution is -2.21. The van der Waals surface area contributed by atoms with Gasteiger partial charge in [0.25, 0.3) is 0 Å². The van der Waals surface area contributed by atoms with Gasteiger partial charge in [0.05, 0.1) is 15.3 Å². The highest BCUT2D eigenvalue weighted by Gasteiger charge is 2.19. The van der Waals surface area contributed by atoms with Crippen molar-refractivity contribution in [2.75, 3.05) is 6.54 Å². The van der Waals surface area contributed by atoms with Gasteiger partial charge in [-0.05, 0) is 47.1 Å². The van der Waals surface area contributed by atoms with Crippen molar-refractivity contribution in [2.24, 2.45) is 0 Å². The molecule has 0 aliphatic rings. The molecule has 0 aliphatic carbocycles. The first-order valence-electron chi connectivity index (χ1n) is 7.03. The van der Waals surface area contributed by atoms with Crippen LogP contribution in [-0.4, -0.2) is 11.5 Å². The Kier molecular flexibility index (Phi) is 4.38. The Bertz CT molecular complexity index is 742. The van der Waals surface area contributed by atoms with E-state index in [1.165, 1.54) is 25.2 Å². The topological polar surface area (TPSA) is 24.9 Å². The molecule has 21 heavy (non-hydrogen) atoms. The molecule has 4 heteroatoms. The molecule has 108 valence electrons. The van der Waals surface area contributed by atoms with Gasteiger partial charge in [-0.1, -0.05) is 31.2 Å². The fourth-order valence-corrected chi connectivity index (χ4v) is 4.22. The lowest BCUT2D eigenvalue weighted by Gasteiger charge is -2.18. The normalized spacial score (nSPS) is 12.7. The molecule has 0 radical (unpaired) electrons. The molecule has 2 nitrogen and oxygen atoms in total. The number of pyridine rings is 1. The summed E-state index contributed by atoms with van der Waals surface area (Å²) in [5.41, 5.74) is 3.60. The number of fused-ring (bicyclic) bond motifs is 1. The van der Waals surface area contributed by atoms with Crippen LogP contribution in [0.15, 0.2) is 46.4 Å². The standard InChI is InChI=1S/C17H17BrN2S/c1-3-19-16(14-10-11(2)17(18)21-14)13-8-4-6-12-7-5-9-20-15(12)13/h4-10,16,19H,3H2,1-2H3. The fourth-order valence-electron chi connectivity index (χ4n) is 2.55. The lowest BCUT2D eigenvalue weighted by atomic mass is 10.0. The van der Waals surface area contributed by atoms with Gasteiger partial charge in [-0.15, -0.1) is 11.3 Å². The van der Waals surface area contributed by atoms with Gasteiger partial charge >= 0.3 is 0 Å². The first-order chi connectivity index (χ1) is 10.2. The van der Waals surface area contributed by atoms with E-state index in [9.17, 15) is 0 Å². The maximum atomic E-state index is 4.59. The molecule has 0 bridgehead atoms. The van der Waals surface area contributed by atoms with Gasteiger partial charge in [0, 0.05) is 22.0 Å². The van der Waals surface area contributed by atoms with Crippen LogP contribution in [0, 0.1) is 6.92 Å². The number of hydrogen-bond donors (Lipinski definition) is 1. The first kappa shape index (κ1) is 14.7. The minimum Gasteiger partial charge on any atom is -0.306 e. The number of nitrogens with one attached hydrogen (secondary N) is 1.